The molecule has 0 fully saturated rings. The lowest BCUT2D eigenvalue weighted by atomic mass is 9.88. The second kappa shape index (κ2) is 6.31. The van der Waals surface area contributed by atoms with Crippen LogP contribution in [-0.4, -0.2) is 13.2 Å². The Bertz CT molecular complexity index is 608. The maximum absolute atomic E-state index is 5.31. The van der Waals surface area contributed by atoms with Crippen LogP contribution < -0.4 is 10.1 Å². The normalized spacial score (nSPS) is 18.9. The van der Waals surface area contributed by atoms with E-state index in [2.05, 4.69) is 54.7 Å². The van der Waals surface area contributed by atoms with Crippen molar-refractivity contribution in [1.82, 2.24) is 5.32 Å². The van der Waals surface area contributed by atoms with E-state index in [0.717, 1.165) is 12.2 Å². The van der Waals surface area contributed by atoms with E-state index in [9.17, 15) is 0 Å². The highest BCUT2D eigenvalue weighted by atomic mass is 16.5. The predicted molar refractivity (Wildman–Crippen MR) is 86.8 cm³/mol. The number of nitrogens with one attached hydrogen (secondary N) is 1. The molecule has 3 rings (SSSR count). The van der Waals surface area contributed by atoms with Gasteiger partial charge in [0.05, 0.1) is 7.11 Å². The van der Waals surface area contributed by atoms with Crippen molar-refractivity contribution in [3.05, 3.63) is 65.2 Å². The number of aryl methyl sites for hydroxylation is 1. The molecule has 0 saturated heterocycles. The van der Waals surface area contributed by atoms with Gasteiger partial charge in [0.2, 0.25) is 0 Å². The van der Waals surface area contributed by atoms with E-state index in [-0.39, 0.29) is 0 Å². The molecule has 1 unspecified atom stereocenters. The van der Waals surface area contributed by atoms with Crippen LogP contribution in [0.5, 0.6) is 5.75 Å². The standard InChI is InChI=1S/C19H23NO/c1-14(16-8-5-9-19(13-16)21-2)20-18-11-10-15-6-3-4-7-17(15)12-18/h3-9,13-14,18,20H,10-12H2,1-2H3/t14-,18?/m0/s1. The predicted octanol–water partition coefficient (Wildman–Crippen LogP) is 3.90. The first-order valence-corrected chi connectivity index (χ1v) is 7.73. The molecule has 21 heavy (non-hydrogen) atoms. The van der Waals surface area contributed by atoms with Crippen LogP contribution in [0.4, 0.5) is 0 Å². The summed E-state index contributed by atoms with van der Waals surface area (Å²) in [5, 5.41) is 3.77. The van der Waals surface area contributed by atoms with Crippen LogP contribution in [0, 0.1) is 0 Å². The molecular formula is C19H23NO. The van der Waals surface area contributed by atoms with Crippen molar-refractivity contribution in [2.45, 2.75) is 38.3 Å². The molecule has 0 aromatic heterocycles. The summed E-state index contributed by atoms with van der Waals surface area (Å²) in [4.78, 5) is 0. The minimum atomic E-state index is 0.343. The third kappa shape index (κ3) is 3.27. The van der Waals surface area contributed by atoms with Crippen LogP contribution in [0.15, 0.2) is 48.5 Å². The number of benzene rings is 2. The Morgan fingerprint density at radius 2 is 1.90 bits per heavy atom. The maximum atomic E-state index is 5.31. The van der Waals surface area contributed by atoms with Crippen molar-refractivity contribution in [2.75, 3.05) is 7.11 Å². The largest absolute Gasteiger partial charge is 0.497 e. The molecule has 1 N–H and O–H groups in total. The highest BCUT2D eigenvalue weighted by molar-refractivity contribution is 5.32. The van der Waals surface area contributed by atoms with Gasteiger partial charge in [0.25, 0.3) is 0 Å². The monoisotopic (exact) mass is 281 g/mol. The van der Waals surface area contributed by atoms with Gasteiger partial charge >= 0.3 is 0 Å². The van der Waals surface area contributed by atoms with Gasteiger partial charge in [-0.2, -0.15) is 0 Å². The Morgan fingerprint density at radius 1 is 1.10 bits per heavy atom. The Kier molecular flexibility index (Phi) is 4.26. The van der Waals surface area contributed by atoms with Crippen LogP contribution in [0.25, 0.3) is 0 Å². The van der Waals surface area contributed by atoms with Gasteiger partial charge in [-0.05, 0) is 55.0 Å². The first kappa shape index (κ1) is 14.2. The minimum absolute atomic E-state index is 0.343. The summed E-state index contributed by atoms with van der Waals surface area (Å²) in [7, 11) is 1.72. The van der Waals surface area contributed by atoms with Crippen molar-refractivity contribution in [3.63, 3.8) is 0 Å². The number of ether oxygens (including phenoxy) is 1. The van der Waals surface area contributed by atoms with Crippen LogP contribution in [0.2, 0.25) is 0 Å². The molecule has 0 radical (unpaired) electrons. The van der Waals surface area contributed by atoms with Crippen LogP contribution in [0.3, 0.4) is 0 Å². The second-order valence-electron chi connectivity index (χ2n) is 5.87. The SMILES string of the molecule is COc1cccc([C@H](C)NC2CCc3ccccc3C2)c1. The summed E-state index contributed by atoms with van der Waals surface area (Å²) < 4.78 is 5.31. The Balaban J connectivity index is 1.67. The number of methoxy groups -OCH3 is 1. The fraction of sp³-hybridized carbons (Fsp3) is 0.368. The topological polar surface area (TPSA) is 21.3 Å². The average molecular weight is 281 g/mol. The summed E-state index contributed by atoms with van der Waals surface area (Å²) in [5.74, 6) is 0.926. The molecule has 2 aromatic rings. The highest BCUT2D eigenvalue weighted by Crippen LogP contribution is 2.24. The van der Waals surface area contributed by atoms with E-state index in [0.29, 0.717) is 12.1 Å². The Morgan fingerprint density at radius 3 is 2.71 bits per heavy atom. The minimum Gasteiger partial charge on any atom is -0.497 e. The van der Waals surface area contributed by atoms with Gasteiger partial charge in [-0.1, -0.05) is 36.4 Å². The van der Waals surface area contributed by atoms with E-state index in [4.69, 9.17) is 4.74 Å². The lowest BCUT2D eigenvalue weighted by Crippen LogP contribution is -2.36. The van der Waals surface area contributed by atoms with E-state index < -0.39 is 0 Å². The first-order chi connectivity index (χ1) is 10.3. The van der Waals surface area contributed by atoms with E-state index in [1.165, 1.54) is 29.5 Å². The van der Waals surface area contributed by atoms with Crippen molar-refractivity contribution in [2.24, 2.45) is 0 Å². The van der Waals surface area contributed by atoms with E-state index in [1.54, 1.807) is 7.11 Å². The maximum Gasteiger partial charge on any atom is 0.119 e. The zero-order valence-electron chi connectivity index (χ0n) is 12.8. The fourth-order valence-electron chi connectivity index (χ4n) is 3.20. The van der Waals surface area contributed by atoms with Crippen molar-refractivity contribution in [3.8, 4) is 5.75 Å². The van der Waals surface area contributed by atoms with Crippen LogP contribution >= 0.6 is 0 Å². The molecule has 1 aliphatic rings. The first-order valence-electron chi connectivity index (χ1n) is 7.73. The van der Waals surface area contributed by atoms with Crippen LogP contribution in [-0.2, 0) is 12.8 Å². The molecule has 0 heterocycles. The van der Waals surface area contributed by atoms with Gasteiger partial charge in [0.15, 0.2) is 0 Å². The number of hydrogen-bond donors (Lipinski definition) is 1. The summed E-state index contributed by atoms with van der Waals surface area (Å²) in [6.45, 7) is 2.23. The second-order valence-corrected chi connectivity index (χ2v) is 5.87. The molecule has 0 bridgehead atoms. The zero-order valence-corrected chi connectivity index (χ0v) is 12.8. The molecular weight excluding hydrogens is 258 g/mol. The number of fused-ring (bicyclic) bond motifs is 1. The van der Waals surface area contributed by atoms with Crippen molar-refractivity contribution < 1.29 is 4.74 Å². The molecule has 2 heteroatoms. The molecule has 2 nitrogen and oxygen atoms in total. The van der Waals surface area contributed by atoms with Gasteiger partial charge in [-0.25, -0.2) is 0 Å². The van der Waals surface area contributed by atoms with Gasteiger partial charge in [0, 0.05) is 12.1 Å². The van der Waals surface area contributed by atoms with Gasteiger partial charge in [0.1, 0.15) is 5.75 Å². The lowest BCUT2D eigenvalue weighted by molar-refractivity contribution is 0.403. The van der Waals surface area contributed by atoms with E-state index in [1.807, 2.05) is 6.07 Å². The molecule has 0 saturated carbocycles. The Hall–Kier alpha value is -1.80. The van der Waals surface area contributed by atoms with Crippen LogP contribution in [0.1, 0.15) is 36.1 Å². The van der Waals surface area contributed by atoms with E-state index >= 15 is 0 Å². The summed E-state index contributed by atoms with van der Waals surface area (Å²) >= 11 is 0. The summed E-state index contributed by atoms with van der Waals surface area (Å²) in [6.07, 6.45) is 3.52. The number of hydrogen-bond acceptors (Lipinski definition) is 2. The Labute approximate surface area is 127 Å². The fourth-order valence-corrected chi connectivity index (χ4v) is 3.20. The number of rotatable bonds is 4. The average Bonchev–Trinajstić information content (AvgIpc) is 2.54. The summed E-state index contributed by atoms with van der Waals surface area (Å²) in [6, 6.07) is 18.0. The van der Waals surface area contributed by atoms with Gasteiger partial charge < -0.3 is 10.1 Å². The smallest absolute Gasteiger partial charge is 0.119 e. The quantitative estimate of drug-likeness (QED) is 0.917. The molecule has 110 valence electrons. The molecule has 0 spiro atoms. The third-order valence-electron chi connectivity index (χ3n) is 4.43. The van der Waals surface area contributed by atoms with Gasteiger partial charge in [-0.15, -0.1) is 0 Å². The molecule has 0 aliphatic heterocycles. The molecule has 2 aromatic carbocycles. The van der Waals surface area contributed by atoms with Crippen molar-refractivity contribution in [1.29, 1.82) is 0 Å². The zero-order chi connectivity index (χ0) is 14.7. The third-order valence-corrected chi connectivity index (χ3v) is 4.43. The lowest BCUT2D eigenvalue weighted by Gasteiger charge is -2.28. The van der Waals surface area contributed by atoms with Crippen molar-refractivity contribution >= 4 is 0 Å². The summed E-state index contributed by atoms with van der Waals surface area (Å²) in [5.41, 5.74) is 4.30. The molecule has 0 amide bonds. The highest BCUT2D eigenvalue weighted by Gasteiger charge is 2.20. The molecule has 2 atom stereocenters. The molecule has 1 aliphatic carbocycles. The van der Waals surface area contributed by atoms with Gasteiger partial charge in [-0.3, -0.25) is 0 Å².